The van der Waals surface area contributed by atoms with Crippen LogP contribution in [0.1, 0.15) is 5.56 Å². The molecule has 0 aliphatic carbocycles. The van der Waals surface area contributed by atoms with Crippen molar-refractivity contribution in [2.45, 2.75) is 6.42 Å². The molecule has 2 aromatic rings. The summed E-state index contributed by atoms with van der Waals surface area (Å²) >= 11 is 0. The summed E-state index contributed by atoms with van der Waals surface area (Å²) < 4.78 is 0. The second kappa shape index (κ2) is 6.45. The van der Waals surface area contributed by atoms with E-state index in [0.717, 1.165) is 12.7 Å². The average molecular weight is 236 g/mol. The van der Waals surface area contributed by atoms with Gasteiger partial charge < -0.3 is 5.11 Å². The molecule has 2 rings (SSSR count). The molecule has 1 N–H and O–H groups in total. The molecule has 1 nitrogen and oxygen atoms in total. The van der Waals surface area contributed by atoms with Gasteiger partial charge in [0.2, 0.25) is 0 Å². The van der Waals surface area contributed by atoms with E-state index in [-0.39, 0.29) is 0 Å². The second-order valence-corrected chi connectivity index (χ2v) is 4.00. The van der Waals surface area contributed by atoms with Crippen molar-refractivity contribution < 1.29 is 5.11 Å². The standard InChI is InChI=1S/C17H16O/c18-14-8-2-5-11-16-12-6-7-13-17(16)15-9-3-1-4-10-15/h1-10,12-14,18H,11H2/b5-2-,14-8-. The molecule has 0 bridgehead atoms. The molecule has 2 aromatic carbocycles. The zero-order valence-electron chi connectivity index (χ0n) is 10.2. The minimum Gasteiger partial charge on any atom is -0.516 e. The molecule has 0 aliphatic heterocycles. The Bertz CT molecular complexity index is 539. The van der Waals surface area contributed by atoms with Crippen LogP contribution in [0.15, 0.2) is 79.1 Å². The first-order valence-corrected chi connectivity index (χ1v) is 6.01. The molecule has 0 aromatic heterocycles. The van der Waals surface area contributed by atoms with E-state index in [9.17, 15) is 0 Å². The summed E-state index contributed by atoms with van der Waals surface area (Å²) in [5, 5.41) is 8.56. The normalized spacial score (nSPS) is 11.3. The molecule has 18 heavy (non-hydrogen) atoms. The quantitative estimate of drug-likeness (QED) is 0.611. The monoisotopic (exact) mass is 236 g/mol. The van der Waals surface area contributed by atoms with Crippen LogP contribution >= 0.6 is 0 Å². The molecule has 0 radical (unpaired) electrons. The summed E-state index contributed by atoms with van der Waals surface area (Å²) in [6.07, 6.45) is 7.40. The van der Waals surface area contributed by atoms with Gasteiger partial charge in [-0.3, -0.25) is 0 Å². The molecular weight excluding hydrogens is 220 g/mol. The minimum absolute atomic E-state index is 0.857. The molecule has 0 saturated heterocycles. The highest BCUT2D eigenvalue weighted by Crippen LogP contribution is 2.23. The Morgan fingerprint density at radius 3 is 2.33 bits per heavy atom. The molecule has 1 heteroatoms. The number of hydrogen-bond donors (Lipinski definition) is 1. The third-order valence-corrected chi connectivity index (χ3v) is 2.77. The maximum Gasteiger partial charge on any atom is 0.0791 e. The maximum absolute atomic E-state index is 8.56. The molecule has 0 saturated carbocycles. The van der Waals surface area contributed by atoms with Crippen molar-refractivity contribution in [2.24, 2.45) is 0 Å². The fourth-order valence-corrected chi connectivity index (χ4v) is 1.92. The van der Waals surface area contributed by atoms with Crippen LogP contribution in [0.2, 0.25) is 0 Å². The first-order chi connectivity index (χ1) is 8.92. The number of aliphatic hydroxyl groups excluding tert-OH is 1. The summed E-state index contributed by atoms with van der Waals surface area (Å²) in [4.78, 5) is 0. The van der Waals surface area contributed by atoms with Crippen LogP contribution < -0.4 is 0 Å². The Balaban J connectivity index is 2.26. The lowest BCUT2D eigenvalue weighted by Gasteiger charge is -2.07. The van der Waals surface area contributed by atoms with Gasteiger partial charge in [-0.05, 0) is 29.2 Å². The number of rotatable bonds is 4. The fraction of sp³-hybridized carbons (Fsp3) is 0.0588. The number of allylic oxidation sites excluding steroid dienone is 3. The lowest BCUT2D eigenvalue weighted by Crippen LogP contribution is -1.87. The van der Waals surface area contributed by atoms with Crippen LogP contribution in [0, 0.1) is 0 Å². The maximum atomic E-state index is 8.56. The van der Waals surface area contributed by atoms with Gasteiger partial charge in [-0.1, -0.05) is 66.7 Å². The topological polar surface area (TPSA) is 20.2 Å². The van der Waals surface area contributed by atoms with Crippen LogP contribution in [0.5, 0.6) is 0 Å². The van der Waals surface area contributed by atoms with Crippen LogP contribution in [-0.4, -0.2) is 5.11 Å². The van der Waals surface area contributed by atoms with E-state index >= 15 is 0 Å². The van der Waals surface area contributed by atoms with Crippen LogP contribution in [0.4, 0.5) is 0 Å². The average Bonchev–Trinajstić information content (AvgIpc) is 2.45. The SMILES string of the molecule is O/C=C\C=C/Cc1ccccc1-c1ccccc1. The van der Waals surface area contributed by atoms with Crippen molar-refractivity contribution in [3.8, 4) is 11.1 Å². The fourth-order valence-electron chi connectivity index (χ4n) is 1.92. The van der Waals surface area contributed by atoms with E-state index in [1.807, 2.05) is 18.2 Å². The second-order valence-electron chi connectivity index (χ2n) is 4.00. The Morgan fingerprint density at radius 1 is 0.833 bits per heavy atom. The van der Waals surface area contributed by atoms with Gasteiger partial charge in [0.25, 0.3) is 0 Å². The van der Waals surface area contributed by atoms with Gasteiger partial charge in [0.1, 0.15) is 0 Å². The number of aliphatic hydroxyl groups is 1. The van der Waals surface area contributed by atoms with Crippen LogP contribution in [0.25, 0.3) is 11.1 Å². The highest BCUT2D eigenvalue weighted by molar-refractivity contribution is 5.67. The molecule has 90 valence electrons. The summed E-state index contributed by atoms with van der Waals surface area (Å²) in [7, 11) is 0. The van der Waals surface area contributed by atoms with Gasteiger partial charge in [0.05, 0.1) is 6.26 Å². The lowest BCUT2D eigenvalue weighted by atomic mass is 9.98. The largest absolute Gasteiger partial charge is 0.516 e. The minimum atomic E-state index is 0.857. The third-order valence-electron chi connectivity index (χ3n) is 2.77. The van der Waals surface area contributed by atoms with E-state index in [4.69, 9.17) is 5.11 Å². The summed E-state index contributed by atoms with van der Waals surface area (Å²) in [5.74, 6) is 0. The molecule has 0 unspecified atom stereocenters. The van der Waals surface area contributed by atoms with E-state index in [1.54, 1.807) is 6.08 Å². The zero-order valence-corrected chi connectivity index (χ0v) is 10.2. The van der Waals surface area contributed by atoms with Gasteiger partial charge in [0.15, 0.2) is 0 Å². The van der Waals surface area contributed by atoms with Crippen molar-refractivity contribution >= 4 is 0 Å². The smallest absolute Gasteiger partial charge is 0.0791 e. The molecule has 0 spiro atoms. The lowest BCUT2D eigenvalue weighted by molar-refractivity contribution is 0.473. The van der Waals surface area contributed by atoms with Crippen molar-refractivity contribution in [2.75, 3.05) is 0 Å². The Labute approximate surface area is 108 Å². The Kier molecular flexibility index (Phi) is 4.37. The van der Waals surface area contributed by atoms with Gasteiger partial charge in [0, 0.05) is 0 Å². The molecule has 0 aliphatic rings. The first kappa shape index (κ1) is 12.2. The predicted molar refractivity (Wildman–Crippen MR) is 76.5 cm³/mol. The van der Waals surface area contributed by atoms with E-state index in [2.05, 4.69) is 48.5 Å². The molecular formula is C17H16O. The van der Waals surface area contributed by atoms with E-state index in [0.29, 0.717) is 0 Å². The Hall–Kier alpha value is -2.28. The predicted octanol–water partition coefficient (Wildman–Crippen LogP) is 4.52. The number of hydrogen-bond acceptors (Lipinski definition) is 1. The van der Waals surface area contributed by atoms with Crippen LogP contribution in [-0.2, 0) is 6.42 Å². The summed E-state index contributed by atoms with van der Waals surface area (Å²) in [6, 6.07) is 18.8. The highest BCUT2D eigenvalue weighted by atomic mass is 16.2. The van der Waals surface area contributed by atoms with Gasteiger partial charge in [-0.15, -0.1) is 0 Å². The molecule has 0 heterocycles. The zero-order chi connectivity index (χ0) is 12.6. The Morgan fingerprint density at radius 2 is 1.56 bits per heavy atom. The van der Waals surface area contributed by atoms with Crippen molar-refractivity contribution in [1.29, 1.82) is 0 Å². The number of benzene rings is 2. The van der Waals surface area contributed by atoms with Crippen molar-refractivity contribution in [3.63, 3.8) is 0 Å². The van der Waals surface area contributed by atoms with Gasteiger partial charge in [-0.2, -0.15) is 0 Å². The molecule has 0 fully saturated rings. The summed E-state index contributed by atoms with van der Waals surface area (Å²) in [6.45, 7) is 0. The van der Waals surface area contributed by atoms with E-state index in [1.165, 1.54) is 16.7 Å². The third kappa shape index (κ3) is 3.11. The van der Waals surface area contributed by atoms with Crippen LogP contribution in [0.3, 0.4) is 0 Å². The first-order valence-electron chi connectivity index (χ1n) is 6.01. The van der Waals surface area contributed by atoms with E-state index < -0.39 is 0 Å². The highest BCUT2D eigenvalue weighted by Gasteiger charge is 2.01. The molecule has 0 amide bonds. The van der Waals surface area contributed by atoms with Crippen molar-refractivity contribution in [3.05, 3.63) is 84.7 Å². The van der Waals surface area contributed by atoms with Gasteiger partial charge >= 0.3 is 0 Å². The molecule has 0 atom stereocenters. The summed E-state index contributed by atoms with van der Waals surface area (Å²) in [5.41, 5.74) is 3.78. The van der Waals surface area contributed by atoms with Crippen molar-refractivity contribution in [1.82, 2.24) is 0 Å². The van der Waals surface area contributed by atoms with Gasteiger partial charge in [-0.25, -0.2) is 0 Å².